The second-order valence-corrected chi connectivity index (χ2v) is 2.62. The third-order valence-electron chi connectivity index (χ3n) is 1.12. The van der Waals surface area contributed by atoms with Gasteiger partial charge in [0.1, 0.15) is 5.82 Å². The predicted octanol–water partition coefficient (Wildman–Crippen LogP) is 0.904. The van der Waals surface area contributed by atoms with Crippen LogP contribution in [-0.4, -0.2) is 17.5 Å². The van der Waals surface area contributed by atoms with Crippen LogP contribution < -0.4 is 11.1 Å². The van der Waals surface area contributed by atoms with Crippen molar-refractivity contribution in [2.75, 3.05) is 18.4 Å². The Morgan fingerprint density at radius 1 is 1.70 bits per heavy atom. The SMILES string of the molecule is NCCCNc1ccsn1. The maximum absolute atomic E-state index is 5.31. The fourth-order valence-electron chi connectivity index (χ4n) is 0.622. The lowest BCUT2D eigenvalue weighted by Crippen LogP contribution is -2.08. The molecular weight excluding hydrogens is 146 g/mol. The Kier molecular flexibility index (Phi) is 3.18. The van der Waals surface area contributed by atoms with Crippen LogP contribution in [0.4, 0.5) is 5.82 Å². The molecule has 1 rings (SSSR count). The maximum Gasteiger partial charge on any atom is 0.139 e. The molecule has 0 fully saturated rings. The fourth-order valence-corrected chi connectivity index (χ4v) is 1.11. The fraction of sp³-hybridized carbons (Fsp3) is 0.500. The molecule has 1 aromatic rings. The van der Waals surface area contributed by atoms with E-state index >= 15 is 0 Å². The molecule has 0 aliphatic carbocycles. The smallest absolute Gasteiger partial charge is 0.139 e. The number of rotatable bonds is 4. The van der Waals surface area contributed by atoms with Crippen molar-refractivity contribution in [1.29, 1.82) is 0 Å². The van der Waals surface area contributed by atoms with Crippen molar-refractivity contribution in [3.63, 3.8) is 0 Å². The number of aromatic nitrogens is 1. The lowest BCUT2D eigenvalue weighted by atomic mass is 10.4. The van der Waals surface area contributed by atoms with Crippen molar-refractivity contribution < 1.29 is 0 Å². The highest BCUT2D eigenvalue weighted by Crippen LogP contribution is 2.04. The van der Waals surface area contributed by atoms with E-state index in [4.69, 9.17) is 5.73 Å². The van der Waals surface area contributed by atoms with Crippen LogP contribution in [0.15, 0.2) is 11.4 Å². The highest BCUT2D eigenvalue weighted by molar-refractivity contribution is 7.03. The molecule has 1 aromatic heterocycles. The van der Waals surface area contributed by atoms with E-state index in [9.17, 15) is 0 Å². The van der Waals surface area contributed by atoms with Crippen LogP contribution in [0.2, 0.25) is 0 Å². The summed E-state index contributed by atoms with van der Waals surface area (Å²) in [4.78, 5) is 0. The molecule has 3 nitrogen and oxygen atoms in total. The lowest BCUT2D eigenvalue weighted by Gasteiger charge is -1.98. The van der Waals surface area contributed by atoms with Gasteiger partial charge in [-0.3, -0.25) is 0 Å². The van der Waals surface area contributed by atoms with Crippen LogP contribution in [0.1, 0.15) is 6.42 Å². The third kappa shape index (κ3) is 2.33. The summed E-state index contributed by atoms with van der Waals surface area (Å²) in [5, 5.41) is 5.09. The van der Waals surface area contributed by atoms with E-state index < -0.39 is 0 Å². The Bertz CT molecular complexity index is 162. The summed E-state index contributed by atoms with van der Waals surface area (Å²) in [5.74, 6) is 0.957. The third-order valence-corrected chi connectivity index (χ3v) is 1.68. The van der Waals surface area contributed by atoms with Crippen LogP contribution in [0, 0.1) is 0 Å². The van der Waals surface area contributed by atoms with Gasteiger partial charge in [0, 0.05) is 11.9 Å². The molecule has 1 heterocycles. The molecule has 0 bridgehead atoms. The van der Waals surface area contributed by atoms with Crippen LogP contribution in [-0.2, 0) is 0 Å². The number of nitrogens with two attached hydrogens (primary N) is 1. The molecule has 0 aromatic carbocycles. The average molecular weight is 157 g/mol. The van der Waals surface area contributed by atoms with E-state index in [1.807, 2.05) is 11.4 Å². The van der Waals surface area contributed by atoms with Crippen LogP contribution in [0.3, 0.4) is 0 Å². The minimum absolute atomic E-state index is 0.733. The molecule has 0 spiro atoms. The van der Waals surface area contributed by atoms with Gasteiger partial charge in [-0.1, -0.05) is 0 Å². The largest absolute Gasteiger partial charge is 0.369 e. The molecule has 0 radical (unpaired) electrons. The van der Waals surface area contributed by atoms with Crippen molar-refractivity contribution in [3.8, 4) is 0 Å². The minimum atomic E-state index is 0.733. The quantitative estimate of drug-likeness (QED) is 0.638. The molecule has 10 heavy (non-hydrogen) atoms. The molecule has 0 amide bonds. The number of nitrogens with one attached hydrogen (secondary N) is 1. The van der Waals surface area contributed by atoms with Gasteiger partial charge >= 0.3 is 0 Å². The van der Waals surface area contributed by atoms with Gasteiger partial charge in [0.05, 0.1) is 0 Å². The summed E-state index contributed by atoms with van der Waals surface area (Å²) in [6.45, 7) is 1.65. The summed E-state index contributed by atoms with van der Waals surface area (Å²) in [7, 11) is 0. The van der Waals surface area contributed by atoms with Crippen molar-refractivity contribution >= 4 is 17.4 Å². The van der Waals surface area contributed by atoms with Crippen LogP contribution >= 0.6 is 11.5 Å². The molecule has 3 N–H and O–H groups in total. The first kappa shape index (κ1) is 7.50. The predicted molar refractivity (Wildman–Crippen MR) is 44.3 cm³/mol. The van der Waals surface area contributed by atoms with E-state index in [2.05, 4.69) is 9.69 Å². The van der Waals surface area contributed by atoms with Crippen molar-refractivity contribution in [2.24, 2.45) is 5.73 Å². The highest BCUT2D eigenvalue weighted by atomic mass is 32.1. The van der Waals surface area contributed by atoms with Gasteiger partial charge in [0.15, 0.2) is 0 Å². The van der Waals surface area contributed by atoms with Crippen LogP contribution in [0.25, 0.3) is 0 Å². The first-order valence-corrected chi connectivity index (χ1v) is 4.11. The van der Waals surface area contributed by atoms with E-state index in [0.717, 1.165) is 25.3 Å². The Labute approximate surface area is 64.4 Å². The lowest BCUT2D eigenvalue weighted by molar-refractivity contribution is 0.872. The molecule has 0 aliphatic heterocycles. The topological polar surface area (TPSA) is 50.9 Å². The second kappa shape index (κ2) is 4.24. The molecule has 4 heteroatoms. The molecule has 0 unspecified atom stereocenters. The van der Waals surface area contributed by atoms with E-state index in [0.29, 0.717) is 0 Å². The second-order valence-electron chi connectivity index (χ2n) is 1.95. The monoisotopic (exact) mass is 157 g/mol. The summed E-state index contributed by atoms with van der Waals surface area (Å²) in [6, 6.07) is 1.96. The molecule has 0 saturated carbocycles. The minimum Gasteiger partial charge on any atom is -0.369 e. The van der Waals surface area contributed by atoms with Crippen molar-refractivity contribution in [2.45, 2.75) is 6.42 Å². The van der Waals surface area contributed by atoms with Crippen LogP contribution in [0.5, 0.6) is 0 Å². The van der Waals surface area contributed by atoms with Gasteiger partial charge in [-0.05, 0) is 30.6 Å². The zero-order valence-electron chi connectivity index (χ0n) is 5.71. The first-order chi connectivity index (χ1) is 4.93. The number of hydrogen-bond acceptors (Lipinski definition) is 4. The molecular formula is C6H11N3S. The molecule has 0 saturated heterocycles. The van der Waals surface area contributed by atoms with E-state index in [1.165, 1.54) is 11.5 Å². The summed E-state index contributed by atoms with van der Waals surface area (Å²) >= 11 is 1.45. The maximum atomic E-state index is 5.31. The van der Waals surface area contributed by atoms with Gasteiger partial charge in [0.25, 0.3) is 0 Å². The summed E-state index contributed by atoms with van der Waals surface area (Å²) < 4.78 is 4.08. The van der Waals surface area contributed by atoms with Gasteiger partial charge in [-0.25, -0.2) is 0 Å². The molecule has 56 valence electrons. The number of anilines is 1. The Hall–Kier alpha value is -0.610. The van der Waals surface area contributed by atoms with Gasteiger partial charge in [0.2, 0.25) is 0 Å². The average Bonchev–Trinajstić information content (AvgIpc) is 2.41. The molecule has 0 aliphatic rings. The van der Waals surface area contributed by atoms with Gasteiger partial charge in [-0.15, -0.1) is 0 Å². The summed E-state index contributed by atoms with van der Waals surface area (Å²) in [6.07, 6.45) is 0.998. The standard InChI is InChI=1S/C6H11N3S/c7-3-1-4-8-6-2-5-10-9-6/h2,5H,1,3-4,7H2,(H,8,9). The Morgan fingerprint density at radius 3 is 3.20 bits per heavy atom. The zero-order chi connectivity index (χ0) is 7.23. The Morgan fingerprint density at radius 2 is 2.60 bits per heavy atom. The van der Waals surface area contributed by atoms with Gasteiger partial charge in [-0.2, -0.15) is 4.37 Å². The van der Waals surface area contributed by atoms with Gasteiger partial charge < -0.3 is 11.1 Å². The van der Waals surface area contributed by atoms with Crippen molar-refractivity contribution in [1.82, 2.24) is 4.37 Å². The van der Waals surface area contributed by atoms with E-state index in [-0.39, 0.29) is 0 Å². The number of nitrogens with zero attached hydrogens (tertiary/aromatic N) is 1. The highest BCUT2D eigenvalue weighted by Gasteiger charge is 1.89. The van der Waals surface area contributed by atoms with Crippen molar-refractivity contribution in [3.05, 3.63) is 11.4 Å². The molecule has 0 atom stereocenters. The van der Waals surface area contributed by atoms with E-state index in [1.54, 1.807) is 0 Å². The number of hydrogen-bond donors (Lipinski definition) is 2. The summed E-state index contributed by atoms with van der Waals surface area (Å²) in [5.41, 5.74) is 5.31. The first-order valence-electron chi connectivity index (χ1n) is 3.28. The Balaban J connectivity index is 2.15. The zero-order valence-corrected chi connectivity index (χ0v) is 6.53. The normalized spacial score (nSPS) is 9.70.